The Morgan fingerprint density at radius 3 is 2.12 bits per heavy atom. The zero-order chi connectivity index (χ0) is 18.2. The van der Waals surface area contributed by atoms with Crippen LogP contribution in [0.15, 0.2) is 84.9 Å². The number of benzene rings is 3. The largest absolute Gasteiger partial charge is 0.485 e. The lowest BCUT2D eigenvalue weighted by atomic mass is 10.1. The van der Waals surface area contributed by atoms with E-state index in [1.165, 1.54) is 16.7 Å². The molecule has 0 bridgehead atoms. The number of hydrogen-bond donors (Lipinski definition) is 0. The Balaban J connectivity index is 1.67. The molecular weight excluding hydrogens is 318 g/mol. The SMILES string of the molecule is Cc1ccccc1OC(CCN(C)Cc1ccccc1)c1ccccc1. The molecule has 0 fully saturated rings. The predicted octanol–water partition coefficient (Wildman–Crippen LogP) is 5.64. The van der Waals surface area contributed by atoms with E-state index >= 15 is 0 Å². The molecule has 1 atom stereocenters. The van der Waals surface area contributed by atoms with Crippen molar-refractivity contribution >= 4 is 0 Å². The molecule has 26 heavy (non-hydrogen) atoms. The van der Waals surface area contributed by atoms with Crippen molar-refractivity contribution in [3.8, 4) is 5.75 Å². The van der Waals surface area contributed by atoms with Crippen LogP contribution in [0.25, 0.3) is 0 Å². The van der Waals surface area contributed by atoms with Crippen LogP contribution >= 0.6 is 0 Å². The van der Waals surface area contributed by atoms with E-state index < -0.39 is 0 Å². The zero-order valence-corrected chi connectivity index (χ0v) is 15.6. The minimum absolute atomic E-state index is 0.0514. The summed E-state index contributed by atoms with van der Waals surface area (Å²) < 4.78 is 6.41. The van der Waals surface area contributed by atoms with E-state index in [2.05, 4.69) is 91.7 Å². The van der Waals surface area contributed by atoms with Crippen LogP contribution in [0.3, 0.4) is 0 Å². The Morgan fingerprint density at radius 1 is 0.808 bits per heavy atom. The van der Waals surface area contributed by atoms with Gasteiger partial charge in [-0.25, -0.2) is 0 Å². The summed E-state index contributed by atoms with van der Waals surface area (Å²) in [5, 5.41) is 0. The van der Waals surface area contributed by atoms with E-state index in [-0.39, 0.29) is 6.10 Å². The molecule has 0 saturated heterocycles. The van der Waals surface area contributed by atoms with E-state index in [9.17, 15) is 0 Å². The molecule has 0 aliphatic carbocycles. The van der Waals surface area contributed by atoms with Gasteiger partial charge >= 0.3 is 0 Å². The average molecular weight is 345 g/mol. The minimum Gasteiger partial charge on any atom is -0.485 e. The van der Waals surface area contributed by atoms with Gasteiger partial charge in [0.2, 0.25) is 0 Å². The van der Waals surface area contributed by atoms with Crippen molar-refractivity contribution in [3.63, 3.8) is 0 Å². The third kappa shape index (κ3) is 5.21. The fourth-order valence-corrected chi connectivity index (χ4v) is 3.12. The Morgan fingerprint density at radius 2 is 1.42 bits per heavy atom. The second-order valence-corrected chi connectivity index (χ2v) is 6.79. The molecule has 0 aromatic heterocycles. The fourth-order valence-electron chi connectivity index (χ4n) is 3.12. The van der Waals surface area contributed by atoms with Gasteiger partial charge < -0.3 is 9.64 Å². The summed E-state index contributed by atoms with van der Waals surface area (Å²) in [5.74, 6) is 0.965. The van der Waals surface area contributed by atoms with Gasteiger partial charge in [0, 0.05) is 19.5 Å². The minimum atomic E-state index is 0.0514. The first-order valence-corrected chi connectivity index (χ1v) is 9.22. The summed E-state index contributed by atoms with van der Waals surface area (Å²) in [4.78, 5) is 2.35. The first kappa shape index (κ1) is 18.2. The first-order chi connectivity index (χ1) is 12.7. The maximum atomic E-state index is 6.41. The molecule has 134 valence electrons. The van der Waals surface area contributed by atoms with E-state index in [1.54, 1.807) is 0 Å². The molecule has 3 rings (SSSR count). The molecular formula is C24H27NO. The summed E-state index contributed by atoms with van der Waals surface area (Å²) in [5.41, 5.74) is 3.74. The number of hydrogen-bond acceptors (Lipinski definition) is 2. The molecule has 0 aliphatic rings. The summed E-state index contributed by atoms with van der Waals surface area (Å²) in [6.07, 6.45) is 0.998. The number of nitrogens with zero attached hydrogens (tertiary/aromatic N) is 1. The Hall–Kier alpha value is -2.58. The maximum absolute atomic E-state index is 6.41. The molecule has 0 spiro atoms. The van der Waals surface area contributed by atoms with Crippen molar-refractivity contribution in [3.05, 3.63) is 102 Å². The Bertz CT molecular complexity index is 786. The molecule has 2 heteroatoms. The van der Waals surface area contributed by atoms with Crippen LogP contribution < -0.4 is 4.74 Å². The van der Waals surface area contributed by atoms with E-state index in [4.69, 9.17) is 4.74 Å². The molecule has 2 nitrogen and oxygen atoms in total. The zero-order valence-electron chi connectivity index (χ0n) is 15.6. The van der Waals surface area contributed by atoms with Crippen LogP contribution in [-0.4, -0.2) is 18.5 Å². The molecule has 3 aromatic rings. The van der Waals surface area contributed by atoms with Crippen molar-refractivity contribution in [2.24, 2.45) is 0 Å². The second-order valence-electron chi connectivity index (χ2n) is 6.79. The number of para-hydroxylation sites is 1. The lowest BCUT2D eigenvalue weighted by Crippen LogP contribution is -2.22. The van der Waals surface area contributed by atoms with Gasteiger partial charge in [0.1, 0.15) is 11.9 Å². The lowest BCUT2D eigenvalue weighted by Gasteiger charge is -2.24. The lowest BCUT2D eigenvalue weighted by molar-refractivity contribution is 0.170. The van der Waals surface area contributed by atoms with E-state index in [0.29, 0.717) is 0 Å². The number of rotatable bonds is 8. The van der Waals surface area contributed by atoms with Gasteiger partial charge in [-0.1, -0.05) is 78.9 Å². The quantitative estimate of drug-likeness (QED) is 0.524. The highest BCUT2D eigenvalue weighted by molar-refractivity contribution is 5.33. The van der Waals surface area contributed by atoms with Crippen molar-refractivity contribution in [1.82, 2.24) is 4.90 Å². The molecule has 0 radical (unpaired) electrons. The van der Waals surface area contributed by atoms with Crippen LogP contribution in [0.5, 0.6) is 5.75 Å². The standard InChI is InChI=1S/C24H27NO/c1-20-11-9-10-16-23(20)26-24(22-14-7-4-8-15-22)17-18-25(2)19-21-12-5-3-6-13-21/h3-16,24H,17-19H2,1-2H3. The van der Waals surface area contributed by atoms with Gasteiger partial charge in [-0.05, 0) is 36.7 Å². The summed E-state index contributed by atoms with van der Waals surface area (Å²) >= 11 is 0. The highest BCUT2D eigenvalue weighted by atomic mass is 16.5. The van der Waals surface area contributed by atoms with Gasteiger partial charge in [0.15, 0.2) is 0 Å². The van der Waals surface area contributed by atoms with Crippen LogP contribution in [-0.2, 0) is 6.54 Å². The second kappa shape index (κ2) is 9.21. The summed E-state index contributed by atoms with van der Waals surface area (Å²) in [6.45, 7) is 4.02. The molecule has 0 saturated carbocycles. The normalized spacial score (nSPS) is 12.1. The van der Waals surface area contributed by atoms with Gasteiger partial charge in [-0.3, -0.25) is 0 Å². The van der Waals surface area contributed by atoms with Gasteiger partial charge in [-0.2, -0.15) is 0 Å². The van der Waals surface area contributed by atoms with Gasteiger partial charge in [0.25, 0.3) is 0 Å². The molecule has 0 aliphatic heterocycles. The highest BCUT2D eigenvalue weighted by Gasteiger charge is 2.15. The monoisotopic (exact) mass is 345 g/mol. The number of aryl methyl sites for hydroxylation is 1. The van der Waals surface area contributed by atoms with Crippen LogP contribution in [0.2, 0.25) is 0 Å². The van der Waals surface area contributed by atoms with E-state index in [1.807, 2.05) is 12.1 Å². The predicted molar refractivity (Wildman–Crippen MR) is 108 cm³/mol. The van der Waals surface area contributed by atoms with Crippen molar-refractivity contribution in [1.29, 1.82) is 0 Å². The van der Waals surface area contributed by atoms with Crippen molar-refractivity contribution in [2.45, 2.75) is 26.0 Å². The highest BCUT2D eigenvalue weighted by Crippen LogP contribution is 2.27. The molecule has 0 amide bonds. The van der Waals surface area contributed by atoms with Crippen molar-refractivity contribution < 1.29 is 4.74 Å². The van der Waals surface area contributed by atoms with Crippen LogP contribution in [0.1, 0.15) is 29.2 Å². The first-order valence-electron chi connectivity index (χ1n) is 9.22. The Labute approximate surface area is 157 Å². The molecule has 1 unspecified atom stereocenters. The van der Waals surface area contributed by atoms with Crippen molar-refractivity contribution in [2.75, 3.05) is 13.6 Å². The molecule has 0 N–H and O–H groups in total. The molecule has 3 aromatic carbocycles. The third-order valence-electron chi connectivity index (χ3n) is 4.60. The summed E-state index contributed by atoms with van der Waals surface area (Å²) in [7, 11) is 2.17. The van der Waals surface area contributed by atoms with Gasteiger partial charge in [0.05, 0.1) is 0 Å². The maximum Gasteiger partial charge on any atom is 0.125 e. The topological polar surface area (TPSA) is 12.5 Å². The third-order valence-corrected chi connectivity index (χ3v) is 4.60. The van der Waals surface area contributed by atoms with Crippen LogP contribution in [0.4, 0.5) is 0 Å². The number of ether oxygens (including phenoxy) is 1. The van der Waals surface area contributed by atoms with Gasteiger partial charge in [-0.15, -0.1) is 0 Å². The fraction of sp³-hybridized carbons (Fsp3) is 0.250. The Kier molecular flexibility index (Phi) is 6.45. The average Bonchev–Trinajstić information content (AvgIpc) is 2.68. The smallest absolute Gasteiger partial charge is 0.125 e. The van der Waals surface area contributed by atoms with E-state index in [0.717, 1.165) is 25.3 Å². The molecule has 0 heterocycles. The van der Waals surface area contributed by atoms with Crippen LogP contribution in [0, 0.1) is 6.92 Å². The summed E-state index contributed by atoms with van der Waals surface area (Å²) in [6, 6.07) is 29.4.